The molecule has 0 aliphatic heterocycles. The van der Waals surface area contributed by atoms with Crippen LogP contribution in [0.3, 0.4) is 0 Å². The minimum atomic E-state index is -0.134. The van der Waals surface area contributed by atoms with E-state index in [1.807, 2.05) is 66.9 Å². The van der Waals surface area contributed by atoms with E-state index in [4.69, 9.17) is 4.98 Å². The zero-order chi connectivity index (χ0) is 30.3. The summed E-state index contributed by atoms with van der Waals surface area (Å²) in [6.07, 6.45) is 1.82. The van der Waals surface area contributed by atoms with Gasteiger partial charge in [-0.25, -0.2) is 4.98 Å². The third kappa shape index (κ3) is 5.86. The summed E-state index contributed by atoms with van der Waals surface area (Å²) in [7, 11) is 0. The predicted molar refractivity (Wildman–Crippen MR) is 180 cm³/mol. The average Bonchev–Trinajstić information content (AvgIpc) is 3.44. The first-order valence-electron chi connectivity index (χ1n) is 14.8. The Bertz CT molecular complexity index is 2040. The van der Waals surface area contributed by atoms with Crippen molar-refractivity contribution in [1.29, 1.82) is 0 Å². The van der Waals surface area contributed by atoms with Crippen LogP contribution in [0.2, 0.25) is 0 Å². The maximum Gasteiger partial charge on any atom is 0.148 e. The molecule has 0 saturated heterocycles. The van der Waals surface area contributed by atoms with Gasteiger partial charge in [0.25, 0.3) is 0 Å². The molecule has 0 bridgehead atoms. The summed E-state index contributed by atoms with van der Waals surface area (Å²) in [6.45, 7) is 6.69. The summed E-state index contributed by atoms with van der Waals surface area (Å²) >= 11 is 0. The van der Waals surface area contributed by atoms with Crippen molar-refractivity contribution >= 4 is 11.0 Å². The zero-order valence-electron chi connectivity index (χ0n) is 25.3. The number of pyridine rings is 1. The molecule has 0 amide bonds. The first-order valence-corrected chi connectivity index (χ1v) is 14.8. The minimum absolute atomic E-state index is 0. The second-order valence-electron chi connectivity index (χ2n) is 12.0. The number of aromatic hydroxyl groups is 1. The van der Waals surface area contributed by atoms with Crippen LogP contribution in [0.25, 0.3) is 61.6 Å². The summed E-state index contributed by atoms with van der Waals surface area (Å²) in [5, 5.41) is 11.0. The number of phenols is 1. The minimum Gasteiger partial charge on any atom is -0.507 e. The maximum absolute atomic E-state index is 11.0. The van der Waals surface area contributed by atoms with Crippen LogP contribution in [0.1, 0.15) is 26.3 Å². The Labute approximate surface area is 278 Å². The number of para-hydroxylation sites is 2. The second kappa shape index (κ2) is 12.3. The van der Waals surface area contributed by atoms with E-state index in [1.54, 1.807) is 6.07 Å². The Kier molecular flexibility index (Phi) is 8.27. The molecule has 5 heteroatoms. The van der Waals surface area contributed by atoms with E-state index in [9.17, 15) is 5.11 Å². The summed E-state index contributed by atoms with van der Waals surface area (Å²) < 4.78 is 2.16. The number of rotatable bonds is 5. The molecule has 4 nitrogen and oxygen atoms in total. The monoisotopic (exact) mass is 765 g/mol. The van der Waals surface area contributed by atoms with Gasteiger partial charge < -0.3 is 5.11 Å². The van der Waals surface area contributed by atoms with E-state index < -0.39 is 0 Å². The fourth-order valence-electron chi connectivity index (χ4n) is 5.67. The predicted octanol–water partition coefficient (Wildman–Crippen LogP) is 9.89. The Morgan fingerprint density at radius 2 is 1.33 bits per heavy atom. The van der Waals surface area contributed by atoms with Gasteiger partial charge >= 0.3 is 0 Å². The standard InChI is InChI=1S/C40H32N3O.Pt/c1-40(2,3)31-25-34(29-22-28(27-14-6-4-7-15-27)23-30(24-29)35-19-12-13-21-41-35)38-36(26-31)43(32-16-8-5-9-17-32)39(42-38)33-18-10-11-20-37(33)44;/h4-23,25-26,44H,1-3H3;/q-1;. The molecule has 0 aliphatic rings. The molecule has 0 radical (unpaired) electrons. The molecule has 0 spiro atoms. The Morgan fingerprint density at radius 3 is 2.02 bits per heavy atom. The molecule has 0 fully saturated rings. The fraction of sp³-hybridized carbons (Fsp3) is 0.100. The molecule has 0 unspecified atom stereocenters. The largest absolute Gasteiger partial charge is 0.507 e. The molecular weight excluding hydrogens is 734 g/mol. The molecule has 2 aromatic heterocycles. The van der Waals surface area contributed by atoms with E-state index >= 15 is 0 Å². The summed E-state index contributed by atoms with van der Waals surface area (Å²) in [5.41, 5.74) is 10.4. The normalized spacial score (nSPS) is 11.4. The summed E-state index contributed by atoms with van der Waals surface area (Å²) in [5.74, 6) is 0.869. The Morgan fingerprint density at radius 1 is 0.667 bits per heavy atom. The number of benzene rings is 5. The molecule has 5 aromatic carbocycles. The molecule has 45 heavy (non-hydrogen) atoms. The summed E-state index contributed by atoms with van der Waals surface area (Å²) in [6, 6.07) is 46.5. The molecule has 0 aliphatic carbocycles. The van der Waals surface area contributed by atoms with Crippen molar-refractivity contribution in [3.63, 3.8) is 0 Å². The van der Waals surface area contributed by atoms with Crippen molar-refractivity contribution in [2.75, 3.05) is 0 Å². The molecular formula is C40H32N3OPt-. The van der Waals surface area contributed by atoms with E-state index in [-0.39, 0.29) is 32.2 Å². The number of imidazole rings is 1. The maximum atomic E-state index is 11.0. The Hall–Kier alpha value is -4.79. The molecule has 0 saturated carbocycles. The second-order valence-corrected chi connectivity index (χ2v) is 12.0. The van der Waals surface area contributed by atoms with Crippen LogP contribution < -0.4 is 0 Å². The quantitative estimate of drug-likeness (QED) is 0.178. The number of phenolic OH excluding ortho intramolecular Hbond substituents is 1. The van der Waals surface area contributed by atoms with Crippen molar-refractivity contribution in [1.82, 2.24) is 14.5 Å². The molecule has 224 valence electrons. The van der Waals surface area contributed by atoms with Crippen LogP contribution in [0, 0.1) is 6.07 Å². The number of hydrogen-bond acceptors (Lipinski definition) is 3. The first kappa shape index (κ1) is 30.2. The topological polar surface area (TPSA) is 50.9 Å². The molecule has 7 aromatic rings. The number of aromatic nitrogens is 3. The SMILES string of the molecule is CC(C)(C)c1cc(-c2[c-]c(-c3ccccn3)cc(-c3ccccc3)c2)c2nc(-c3ccccc3O)n(-c3ccccc3)c2c1.[Pt]. The number of nitrogens with zero attached hydrogens (tertiary/aromatic N) is 3. The van der Waals surface area contributed by atoms with Crippen LogP contribution in [-0.2, 0) is 26.5 Å². The first-order chi connectivity index (χ1) is 21.4. The molecule has 0 atom stereocenters. The van der Waals surface area contributed by atoms with Gasteiger partial charge in [0.1, 0.15) is 11.6 Å². The molecule has 2 heterocycles. The van der Waals surface area contributed by atoms with E-state index in [0.717, 1.165) is 50.2 Å². The summed E-state index contributed by atoms with van der Waals surface area (Å²) in [4.78, 5) is 9.96. The van der Waals surface area contributed by atoms with Crippen molar-refractivity contribution in [2.24, 2.45) is 0 Å². The number of hydrogen-bond donors (Lipinski definition) is 1. The van der Waals surface area contributed by atoms with Gasteiger partial charge in [0.05, 0.1) is 16.6 Å². The molecule has 1 N–H and O–H groups in total. The van der Waals surface area contributed by atoms with E-state index in [0.29, 0.717) is 11.4 Å². The van der Waals surface area contributed by atoms with Crippen molar-refractivity contribution in [2.45, 2.75) is 26.2 Å². The van der Waals surface area contributed by atoms with Crippen LogP contribution >= 0.6 is 0 Å². The van der Waals surface area contributed by atoms with Crippen molar-refractivity contribution in [3.8, 4) is 56.3 Å². The Balaban J connectivity index is 0.00000357. The van der Waals surface area contributed by atoms with Crippen LogP contribution in [0.5, 0.6) is 5.75 Å². The van der Waals surface area contributed by atoms with E-state index in [1.165, 1.54) is 5.56 Å². The van der Waals surface area contributed by atoms with Crippen molar-refractivity contribution < 1.29 is 26.2 Å². The van der Waals surface area contributed by atoms with Crippen molar-refractivity contribution in [3.05, 3.63) is 145 Å². The van der Waals surface area contributed by atoms with Gasteiger partial charge in [-0.1, -0.05) is 116 Å². The average molecular weight is 766 g/mol. The molecule has 7 rings (SSSR count). The van der Waals surface area contributed by atoms with E-state index in [2.05, 4.69) is 97.1 Å². The van der Waals surface area contributed by atoms with Gasteiger partial charge in [-0.05, 0) is 52.9 Å². The van der Waals surface area contributed by atoms with Gasteiger partial charge in [-0.2, -0.15) is 0 Å². The van der Waals surface area contributed by atoms with Gasteiger partial charge in [0.15, 0.2) is 0 Å². The van der Waals surface area contributed by atoms with Crippen LogP contribution in [-0.4, -0.2) is 19.6 Å². The van der Waals surface area contributed by atoms with Gasteiger partial charge in [-0.3, -0.25) is 9.55 Å². The van der Waals surface area contributed by atoms with Gasteiger partial charge in [0, 0.05) is 38.6 Å². The third-order valence-electron chi connectivity index (χ3n) is 7.99. The van der Waals surface area contributed by atoms with Gasteiger partial charge in [0.2, 0.25) is 0 Å². The van der Waals surface area contributed by atoms with Crippen LogP contribution in [0.4, 0.5) is 0 Å². The number of fused-ring (bicyclic) bond motifs is 1. The fourth-order valence-corrected chi connectivity index (χ4v) is 5.67. The zero-order valence-corrected chi connectivity index (χ0v) is 27.6. The van der Waals surface area contributed by atoms with Gasteiger partial charge in [-0.15, -0.1) is 23.8 Å². The smallest absolute Gasteiger partial charge is 0.148 e. The van der Waals surface area contributed by atoms with Crippen LogP contribution in [0.15, 0.2) is 134 Å². The third-order valence-corrected chi connectivity index (χ3v) is 7.99.